The van der Waals surface area contributed by atoms with Gasteiger partial charge in [0.25, 0.3) is 0 Å². The Morgan fingerprint density at radius 3 is 2.76 bits per heavy atom. The van der Waals surface area contributed by atoms with Gasteiger partial charge in [0.05, 0.1) is 0 Å². The third-order valence-electron chi connectivity index (χ3n) is 3.72. The first kappa shape index (κ1) is 15.2. The van der Waals surface area contributed by atoms with Crippen molar-refractivity contribution in [3.8, 4) is 5.75 Å². The van der Waals surface area contributed by atoms with Gasteiger partial charge in [0, 0.05) is 24.8 Å². The zero-order chi connectivity index (χ0) is 15.4. The van der Waals surface area contributed by atoms with E-state index in [1.807, 2.05) is 6.92 Å². The molecule has 0 radical (unpaired) electrons. The summed E-state index contributed by atoms with van der Waals surface area (Å²) in [5.41, 5.74) is 0.567. The summed E-state index contributed by atoms with van der Waals surface area (Å²) in [5, 5.41) is 18.8. The van der Waals surface area contributed by atoms with Crippen molar-refractivity contribution in [2.45, 2.75) is 32.2 Å². The average molecular weight is 292 g/mol. The third-order valence-corrected chi connectivity index (χ3v) is 3.72. The van der Waals surface area contributed by atoms with Gasteiger partial charge in [-0.15, -0.1) is 0 Å². The van der Waals surface area contributed by atoms with Gasteiger partial charge in [-0.25, -0.2) is 9.59 Å². The summed E-state index contributed by atoms with van der Waals surface area (Å²) in [6, 6.07) is 5.32. The first-order valence-electron chi connectivity index (χ1n) is 7.14. The van der Waals surface area contributed by atoms with Crippen LogP contribution in [0.3, 0.4) is 0 Å². The molecule has 0 bridgehead atoms. The molecular formula is C15H20N2O4. The van der Waals surface area contributed by atoms with Crippen molar-refractivity contribution in [2.75, 3.05) is 18.0 Å². The number of rotatable bonds is 3. The van der Waals surface area contributed by atoms with Gasteiger partial charge >= 0.3 is 12.0 Å². The van der Waals surface area contributed by atoms with Crippen molar-refractivity contribution < 1.29 is 19.8 Å². The molecule has 0 aliphatic carbocycles. The number of aromatic hydroxyl groups is 1. The number of nitrogens with zero attached hydrogens (tertiary/aromatic N) is 2. The molecule has 6 heteroatoms. The van der Waals surface area contributed by atoms with Crippen molar-refractivity contribution in [1.29, 1.82) is 0 Å². The molecule has 1 fully saturated rings. The molecule has 1 aromatic carbocycles. The van der Waals surface area contributed by atoms with Crippen LogP contribution in [0.2, 0.25) is 0 Å². The maximum Gasteiger partial charge on any atom is 0.326 e. The first-order chi connectivity index (χ1) is 10.0. The molecule has 1 saturated heterocycles. The van der Waals surface area contributed by atoms with Crippen molar-refractivity contribution in [1.82, 2.24) is 4.90 Å². The molecule has 2 N–H and O–H groups in total. The lowest BCUT2D eigenvalue weighted by molar-refractivity contribution is -0.143. The number of carbonyl (C=O) groups is 2. The van der Waals surface area contributed by atoms with Crippen molar-refractivity contribution >= 4 is 17.7 Å². The molecule has 0 aromatic heterocycles. The van der Waals surface area contributed by atoms with Gasteiger partial charge in [-0.1, -0.05) is 6.07 Å². The Kier molecular flexibility index (Phi) is 4.67. The maximum atomic E-state index is 12.7. The van der Waals surface area contributed by atoms with E-state index in [0.717, 1.165) is 12.8 Å². The normalized spacial score (nSPS) is 18.3. The number of anilines is 1. The Hall–Kier alpha value is -2.24. The van der Waals surface area contributed by atoms with E-state index in [9.17, 15) is 19.8 Å². The summed E-state index contributed by atoms with van der Waals surface area (Å²) in [6.07, 6.45) is 2.12. The maximum absolute atomic E-state index is 12.7. The van der Waals surface area contributed by atoms with Crippen LogP contribution in [0.25, 0.3) is 0 Å². The van der Waals surface area contributed by atoms with Crippen LogP contribution in [0.4, 0.5) is 10.5 Å². The fraction of sp³-hybridized carbons (Fsp3) is 0.467. The van der Waals surface area contributed by atoms with Gasteiger partial charge in [-0.2, -0.15) is 0 Å². The summed E-state index contributed by atoms with van der Waals surface area (Å²) >= 11 is 0. The summed E-state index contributed by atoms with van der Waals surface area (Å²) < 4.78 is 0. The number of benzene rings is 1. The van der Waals surface area contributed by atoms with Crippen LogP contribution < -0.4 is 4.90 Å². The number of likely N-dealkylation sites (tertiary alicyclic amines) is 1. The third kappa shape index (κ3) is 3.26. The van der Waals surface area contributed by atoms with E-state index in [1.54, 1.807) is 12.1 Å². The number of hydrogen-bond donors (Lipinski definition) is 2. The Morgan fingerprint density at radius 1 is 1.38 bits per heavy atom. The van der Waals surface area contributed by atoms with Crippen LogP contribution >= 0.6 is 0 Å². The fourth-order valence-corrected chi connectivity index (χ4v) is 2.66. The van der Waals surface area contributed by atoms with Crippen molar-refractivity contribution in [3.05, 3.63) is 24.3 Å². The molecule has 1 aliphatic heterocycles. The summed E-state index contributed by atoms with van der Waals surface area (Å²) in [6.45, 7) is 2.68. The SMILES string of the molecule is CCN(C(=O)N1CCCCC1C(=O)O)c1cccc(O)c1. The number of phenolic OH excluding ortho intramolecular Hbond substituents is 1. The summed E-state index contributed by atoms with van der Waals surface area (Å²) in [7, 11) is 0. The van der Waals surface area contributed by atoms with Crippen LogP contribution in [-0.4, -0.2) is 46.2 Å². The van der Waals surface area contributed by atoms with E-state index < -0.39 is 12.0 Å². The predicted molar refractivity (Wildman–Crippen MR) is 78.5 cm³/mol. The second-order valence-electron chi connectivity index (χ2n) is 5.09. The fourth-order valence-electron chi connectivity index (χ4n) is 2.66. The predicted octanol–water partition coefficient (Wildman–Crippen LogP) is 2.28. The number of carbonyl (C=O) groups excluding carboxylic acids is 1. The van der Waals surface area contributed by atoms with Crippen LogP contribution in [0, 0.1) is 0 Å². The van der Waals surface area contributed by atoms with E-state index in [1.165, 1.54) is 21.9 Å². The van der Waals surface area contributed by atoms with Crippen LogP contribution in [0.5, 0.6) is 5.75 Å². The Bertz CT molecular complexity index is 532. The Labute approximate surface area is 123 Å². The monoisotopic (exact) mass is 292 g/mol. The highest BCUT2D eigenvalue weighted by Crippen LogP contribution is 2.24. The van der Waals surface area contributed by atoms with Crippen LogP contribution in [0.1, 0.15) is 26.2 Å². The molecule has 6 nitrogen and oxygen atoms in total. The van der Waals surface area contributed by atoms with Gasteiger partial charge < -0.3 is 15.1 Å². The zero-order valence-electron chi connectivity index (χ0n) is 12.0. The van der Waals surface area contributed by atoms with E-state index in [0.29, 0.717) is 25.2 Å². The second-order valence-corrected chi connectivity index (χ2v) is 5.09. The van der Waals surface area contributed by atoms with Crippen LogP contribution in [-0.2, 0) is 4.79 Å². The van der Waals surface area contributed by atoms with E-state index >= 15 is 0 Å². The summed E-state index contributed by atoms with van der Waals surface area (Å²) in [4.78, 5) is 26.9. The van der Waals surface area contributed by atoms with E-state index in [-0.39, 0.29) is 11.8 Å². The van der Waals surface area contributed by atoms with Gasteiger partial charge in [0.2, 0.25) is 0 Å². The standard InChI is InChI=1S/C15H20N2O4/c1-2-16(11-6-5-7-12(18)10-11)15(21)17-9-4-3-8-13(17)14(19)20/h5-7,10,13,18H,2-4,8-9H2,1H3,(H,19,20). The molecule has 2 rings (SSSR count). The number of urea groups is 1. The highest BCUT2D eigenvalue weighted by atomic mass is 16.4. The highest BCUT2D eigenvalue weighted by molar-refractivity contribution is 5.94. The molecule has 0 saturated carbocycles. The quantitative estimate of drug-likeness (QED) is 0.895. The number of aliphatic carboxylic acids is 1. The molecule has 1 atom stereocenters. The first-order valence-corrected chi connectivity index (χ1v) is 7.14. The highest BCUT2D eigenvalue weighted by Gasteiger charge is 2.34. The smallest absolute Gasteiger partial charge is 0.326 e. The minimum Gasteiger partial charge on any atom is -0.508 e. The van der Waals surface area contributed by atoms with E-state index in [2.05, 4.69) is 0 Å². The molecule has 1 heterocycles. The molecule has 1 aromatic rings. The van der Waals surface area contributed by atoms with Gasteiger partial charge in [-0.05, 0) is 38.3 Å². The Balaban J connectivity index is 2.24. The Morgan fingerprint density at radius 2 is 2.14 bits per heavy atom. The van der Waals surface area contributed by atoms with Gasteiger partial charge in [0.15, 0.2) is 0 Å². The lowest BCUT2D eigenvalue weighted by Crippen LogP contribution is -2.53. The van der Waals surface area contributed by atoms with Gasteiger partial charge in [0.1, 0.15) is 11.8 Å². The molecule has 1 unspecified atom stereocenters. The largest absolute Gasteiger partial charge is 0.508 e. The van der Waals surface area contributed by atoms with Crippen molar-refractivity contribution in [3.63, 3.8) is 0 Å². The van der Waals surface area contributed by atoms with Crippen molar-refractivity contribution in [2.24, 2.45) is 0 Å². The summed E-state index contributed by atoms with van der Waals surface area (Å²) in [5.74, 6) is -0.887. The minimum atomic E-state index is -0.963. The lowest BCUT2D eigenvalue weighted by atomic mass is 10.0. The number of carboxylic acids is 1. The second kappa shape index (κ2) is 6.47. The molecule has 114 valence electrons. The average Bonchev–Trinajstić information content (AvgIpc) is 2.48. The topological polar surface area (TPSA) is 81.1 Å². The molecular weight excluding hydrogens is 272 g/mol. The molecule has 2 amide bonds. The zero-order valence-corrected chi connectivity index (χ0v) is 12.0. The number of hydrogen-bond acceptors (Lipinski definition) is 3. The van der Waals surface area contributed by atoms with Crippen LogP contribution in [0.15, 0.2) is 24.3 Å². The number of phenols is 1. The van der Waals surface area contributed by atoms with E-state index in [4.69, 9.17) is 0 Å². The van der Waals surface area contributed by atoms with Gasteiger partial charge in [-0.3, -0.25) is 4.90 Å². The number of carboxylic acid groups (broad SMARTS) is 1. The lowest BCUT2D eigenvalue weighted by Gasteiger charge is -2.36. The minimum absolute atomic E-state index is 0.0761. The number of amides is 2. The molecule has 0 spiro atoms. The number of piperidine rings is 1. The molecule has 21 heavy (non-hydrogen) atoms. The molecule has 1 aliphatic rings.